The molecule has 1 heterocycles. The van der Waals surface area contributed by atoms with Gasteiger partial charge in [-0.1, -0.05) is 29.8 Å². The molecular weight excluding hydrogens is 463 g/mol. The number of hydrogen-bond acceptors (Lipinski definition) is 4. The third kappa shape index (κ3) is 6.85. The van der Waals surface area contributed by atoms with E-state index in [0.717, 1.165) is 12.1 Å². The molecule has 7 nitrogen and oxygen atoms in total. The second-order valence-corrected chi connectivity index (χ2v) is 7.81. The fourth-order valence-corrected chi connectivity index (χ4v) is 3.45. The van der Waals surface area contributed by atoms with Crippen molar-refractivity contribution in [3.05, 3.63) is 59.1 Å². The first-order chi connectivity index (χ1) is 15.6. The van der Waals surface area contributed by atoms with Crippen molar-refractivity contribution in [2.75, 3.05) is 30.3 Å². The number of amides is 3. The van der Waals surface area contributed by atoms with Crippen LogP contribution in [0.15, 0.2) is 48.5 Å². The topological polar surface area (TPSA) is 87.7 Å². The summed E-state index contributed by atoms with van der Waals surface area (Å²) >= 11 is 5.84. The number of benzene rings is 2. The summed E-state index contributed by atoms with van der Waals surface area (Å²) in [7, 11) is 0. The van der Waals surface area contributed by atoms with E-state index in [2.05, 4.69) is 10.6 Å². The quantitative estimate of drug-likeness (QED) is 0.599. The molecule has 1 fully saturated rings. The summed E-state index contributed by atoms with van der Waals surface area (Å²) in [5, 5.41) is 4.91. The van der Waals surface area contributed by atoms with E-state index >= 15 is 0 Å². The Morgan fingerprint density at radius 3 is 2.33 bits per heavy atom. The highest BCUT2D eigenvalue weighted by atomic mass is 35.5. The molecule has 33 heavy (non-hydrogen) atoms. The largest absolute Gasteiger partial charge is 0.455 e. The number of anilines is 2. The summed E-state index contributed by atoms with van der Waals surface area (Å²) in [5.74, 6) is -1.91. The normalized spacial score (nSPS) is 14.5. The van der Waals surface area contributed by atoms with Crippen molar-refractivity contribution in [3.8, 4) is 0 Å². The molecule has 1 aliphatic rings. The van der Waals surface area contributed by atoms with Gasteiger partial charge in [0, 0.05) is 18.8 Å². The molecule has 0 bridgehead atoms. The lowest BCUT2D eigenvalue weighted by molar-refractivity contribution is -0.152. The van der Waals surface area contributed by atoms with Crippen LogP contribution in [-0.2, 0) is 20.5 Å². The Kier molecular flexibility index (Phi) is 7.80. The number of esters is 1. The molecule has 1 aliphatic heterocycles. The first-order valence-corrected chi connectivity index (χ1v) is 10.5. The summed E-state index contributed by atoms with van der Waals surface area (Å²) < 4.78 is 43.5. The minimum Gasteiger partial charge on any atom is -0.455 e. The van der Waals surface area contributed by atoms with Gasteiger partial charge in [0.05, 0.1) is 22.2 Å². The Bertz CT molecular complexity index is 1010. The molecule has 3 amide bonds. The molecule has 2 N–H and O–H groups in total. The van der Waals surface area contributed by atoms with Gasteiger partial charge in [-0.25, -0.2) is 4.79 Å². The predicted molar refractivity (Wildman–Crippen MR) is 116 cm³/mol. The van der Waals surface area contributed by atoms with Crippen LogP contribution in [0, 0.1) is 5.92 Å². The average molecular weight is 484 g/mol. The molecule has 2 aromatic rings. The van der Waals surface area contributed by atoms with Crippen LogP contribution in [0.4, 0.5) is 29.3 Å². The number of nitrogens with one attached hydrogen (secondary N) is 2. The number of urea groups is 1. The number of halogens is 4. The molecule has 0 spiro atoms. The van der Waals surface area contributed by atoms with E-state index in [0.29, 0.717) is 37.7 Å². The number of likely N-dealkylation sites (tertiary alicyclic amines) is 1. The van der Waals surface area contributed by atoms with Gasteiger partial charge in [0.1, 0.15) is 0 Å². The maximum Gasteiger partial charge on any atom is 0.416 e. The summed E-state index contributed by atoms with van der Waals surface area (Å²) in [6.45, 7) is 0.00899. The van der Waals surface area contributed by atoms with Gasteiger partial charge in [0.25, 0.3) is 5.91 Å². The first kappa shape index (κ1) is 24.4. The van der Waals surface area contributed by atoms with Gasteiger partial charge in [-0.05, 0) is 43.2 Å². The highest BCUT2D eigenvalue weighted by Crippen LogP contribution is 2.33. The fraction of sp³-hybridized carbons (Fsp3) is 0.318. The van der Waals surface area contributed by atoms with Gasteiger partial charge in [-0.3, -0.25) is 9.59 Å². The molecule has 176 valence electrons. The molecule has 3 rings (SSSR count). The van der Waals surface area contributed by atoms with Gasteiger partial charge >= 0.3 is 18.2 Å². The van der Waals surface area contributed by atoms with Crippen molar-refractivity contribution >= 4 is 40.9 Å². The third-order valence-electron chi connectivity index (χ3n) is 5.05. The molecule has 1 saturated heterocycles. The number of piperidine rings is 1. The summed E-state index contributed by atoms with van der Waals surface area (Å²) in [4.78, 5) is 38.2. The van der Waals surface area contributed by atoms with E-state index in [4.69, 9.17) is 16.3 Å². The molecule has 0 aliphatic carbocycles. The van der Waals surface area contributed by atoms with Crippen LogP contribution in [-0.4, -0.2) is 42.5 Å². The zero-order valence-electron chi connectivity index (χ0n) is 17.3. The summed E-state index contributed by atoms with van der Waals surface area (Å²) in [5.41, 5.74) is -0.538. The van der Waals surface area contributed by atoms with Crippen LogP contribution in [0.25, 0.3) is 0 Å². The standard InChI is InChI=1S/C22H21ClF3N3O4/c23-17-7-6-15(22(24,25)26)12-18(17)28-19(30)13-33-20(31)14-8-10-29(11-9-14)21(32)27-16-4-2-1-3-5-16/h1-7,12,14H,8-11,13H2,(H,27,32)(H,28,30). The SMILES string of the molecule is O=C(COC(=O)C1CCN(C(=O)Nc2ccccc2)CC1)Nc1cc(C(F)(F)F)ccc1Cl. The van der Waals surface area contributed by atoms with Crippen LogP contribution < -0.4 is 10.6 Å². The molecule has 0 radical (unpaired) electrons. The molecular formula is C22H21ClF3N3O4. The third-order valence-corrected chi connectivity index (χ3v) is 5.38. The Labute approximate surface area is 192 Å². The lowest BCUT2D eigenvalue weighted by Gasteiger charge is -2.30. The van der Waals surface area contributed by atoms with Crippen molar-refractivity contribution in [2.24, 2.45) is 5.92 Å². The molecule has 0 atom stereocenters. The number of para-hydroxylation sites is 1. The minimum absolute atomic E-state index is 0.0798. The smallest absolute Gasteiger partial charge is 0.416 e. The van der Waals surface area contributed by atoms with Gasteiger partial charge in [0.2, 0.25) is 0 Å². The van der Waals surface area contributed by atoms with Crippen molar-refractivity contribution in [1.29, 1.82) is 0 Å². The maximum absolute atomic E-state index is 12.8. The van der Waals surface area contributed by atoms with Crippen LogP contribution in [0.5, 0.6) is 0 Å². The fourth-order valence-electron chi connectivity index (χ4n) is 3.28. The maximum atomic E-state index is 12.8. The zero-order valence-corrected chi connectivity index (χ0v) is 18.1. The van der Waals surface area contributed by atoms with Gasteiger partial charge in [-0.15, -0.1) is 0 Å². The Morgan fingerprint density at radius 2 is 1.70 bits per heavy atom. The summed E-state index contributed by atoms with van der Waals surface area (Å²) in [6.07, 6.45) is -3.87. The van der Waals surface area contributed by atoms with Gasteiger partial charge < -0.3 is 20.3 Å². The van der Waals surface area contributed by atoms with E-state index in [1.807, 2.05) is 6.07 Å². The number of hydrogen-bond donors (Lipinski definition) is 2. The number of rotatable bonds is 5. The average Bonchev–Trinajstić information content (AvgIpc) is 2.79. The highest BCUT2D eigenvalue weighted by Gasteiger charge is 2.31. The monoisotopic (exact) mass is 483 g/mol. The van der Waals surface area contributed by atoms with Crippen LogP contribution in [0.3, 0.4) is 0 Å². The van der Waals surface area contributed by atoms with E-state index in [1.54, 1.807) is 29.2 Å². The van der Waals surface area contributed by atoms with Gasteiger partial charge in [0.15, 0.2) is 6.61 Å². The number of carbonyl (C=O) groups excluding carboxylic acids is 3. The summed E-state index contributed by atoms with van der Waals surface area (Å²) in [6, 6.07) is 11.2. The van der Waals surface area contributed by atoms with Crippen LogP contribution >= 0.6 is 11.6 Å². The highest BCUT2D eigenvalue weighted by molar-refractivity contribution is 6.33. The minimum atomic E-state index is -4.59. The van der Waals surface area contributed by atoms with Crippen molar-refractivity contribution in [2.45, 2.75) is 19.0 Å². The van der Waals surface area contributed by atoms with Crippen molar-refractivity contribution < 1.29 is 32.3 Å². The van der Waals surface area contributed by atoms with Crippen LogP contribution in [0.2, 0.25) is 5.02 Å². The van der Waals surface area contributed by atoms with Crippen molar-refractivity contribution in [3.63, 3.8) is 0 Å². The predicted octanol–water partition coefficient (Wildman–Crippen LogP) is 4.78. The molecule has 0 unspecified atom stereocenters. The second-order valence-electron chi connectivity index (χ2n) is 7.41. The lowest BCUT2D eigenvalue weighted by atomic mass is 9.97. The van der Waals surface area contributed by atoms with E-state index < -0.39 is 36.1 Å². The second kappa shape index (κ2) is 10.6. The van der Waals surface area contributed by atoms with E-state index in [-0.39, 0.29) is 16.7 Å². The Balaban J connectivity index is 1.44. The first-order valence-electron chi connectivity index (χ1n) is 10.1. The molecule has 0 aromatic heterocycles. The number of alkyl halides is 3. The molecule has 0 saturated carbocycles. The Hall–Kier alpha value is -3.27. The van der Waals surface area contributed by atoms with E-state index in [1.165, 1.54) is 0 Å². The number of ether oxygens (including phenoxy) is 1. The van der Waals surface area contributed by atoms with E-state index in [9.17, 15) is 27.6 Å². The van der Waals surface area contributed by atoms with Crippen molar-refractivity contribution in [1.82, 2.24) is 4.90 Å². The molecule has 2 aromatic carbocycles. The number of carbonyl (C=O) groups is 3. The van der Waals surface area contributed by atoms with Crippen LogP contribution in [0.1, 0.15) is 18.4 Å². The zero-order chi connectivity index (χ0) is 24.0. The Morgan fingerprint density at radius 1 is 1.03 bits per heavy atom. The molecule has 11 heteroatoms. The lowest BCUT2D eigenvalue weighted by Crippen LogP contribution is -2.43. The number of nitrogens with zero attached hydrogens (tertiary/aromatic N) is 1. The van der Waals surface area contributed by atoms with Gasteiger partial charge in [-0.2, -0.15) is 13.2 Å².